The highest BCUT2D eigenvalue weighted by Gasteiger charge is 1.95. The average Bonchev–Trinajstić information content (AvgIpc) is 2.34. The first-order valence-corrected chi connectivity index (χ1v) is 3.90. The first kappa shape index (κ1) is 7.47. The molecule has 1 rings (SSSR count). The van der Waals surface area contributed by atoms with E-state index in [4.69, 9.17) is 4.89 Å². The van der Waals surface area contributed by atoms with E-state index < -0.39 is 8.25 Å². The van der Waals surface area contributed by atoms with Crippen molar-refractivity contribution >= 4 is 8.25 Å². The summed E-state index contributed by atoms with van der Waals surface area (Å²) in [6.07, 6.45) is 1.62. The minimum absolute atomic E-state index is 0.0811. The summed E-state index contributed by atoms with van der Waals surface area (Å²) in [6.45, 7) is 0.0811. The monoisotopic (exact) mass is 162 g/mol. The van der Waals surface area contributed by atoms with E-state index in [9.17, 15) is 4.57 Å². The van der Waals surface area contributed by atoms with E-state index in [1.54, 1.807) is 12.3 Å². The van der Waals surface area contributed by atoms with E-state index in [0.717, 1.165) is 0 Å². The van der Waals surface area contributed by atoms with E-state index >= 15 is 0 Å². The van der Waals surface area contributed by atoms with Crippen molar-refractivity contribution in [2.24, 2.45) is 0 Å². The van der Waals surface area contributed by atoms with Crippen molar-refractivity contribution in [1.29, 1.82) is 0 Å². The number of nitrogens with zero attached hydrogens (tertiary/aromatic N) is 1. The number of aromatic nitrogens is 2. The Balaban J connectivity index is 2.35. The second-order valence-electron chi connectivity index (χ2n) is 1.62. The van der Waals surface area contributed by atoms with Crippen LogP contribution in [0.4, 0.5) is 0 Å². The zero-order valence-corrected chi connectivity index (χ0v) is 6.07. The fraction of sp³-hybridized carbons (Fsp3) is 0.250. The smallest absolute Gasteiger partial charge is 0.316 e. The van der Waals surface area contributed by atoms with Gasteiger partial charge in [-0.3, -0.25) is 9.66 Å². The van der Waals surface area contributed by atoms with Crippen molar-refractivity contribution in [2.75, 3.05) is 0 Å². The molecule has 0 aliphatic carbocycles. The van der Waals surface area contributed by atoms with Crippen LogP contribution in [0.3, 0.4) is 0 Å². The van der Waals surface area contributed by atoms with Crippen LogP contribution in [-0.4, -0.2) is 15.1 Å². The third-order valence-electron chi connectivity index (χ3n) is 0.902. The molecule has 56 valence electrons. The maximum absolute atomic E-state index is 10.0. The molecule has 0 saturated heterocycles. The molecule has 1 heterocycles. The third-order valence-corrected chi connectivity index (χ3v) is 1.29. The number of H-pyrrole nitrogens is 1. The van der Waals surface area contributed by atoms with Crippen LogP contribution in [0.1, 0.15) is 5.69 Å². The Bertz CT molecular complexity index is 210. The standard InChI is InChI=1S/C4H7N2O3P/c7-10(8)9-3-4-1-2-5-6-4/h1-2,10H,3H2,(H,5,6)(H,7,8). The molecule has 1 aromatic heterocycles. The number of hydrogen-bond donors (Lipinski definition) is 2. The summed E-state index contributed by atoms with van der Waals surface area (Å²) < 4.78 is 14.4. The molecule has 5 nitrogen and oxygen atoms in total. The Hall–Kier alpha value is -0.640. The van der Waals surface area contributed by atoms with Gasteiger partial charge in [-0.2, -0.15) is 5.10 Å². The Morgan fingerprint density at radius 3 is 3.20 bits per heavy atom. The van der Waals surface area contributed by atoms with Crippen molar-refractivity contribution in [1.82, 2.24) is 10.2 Å². The molecule has 0 fully saturated rings. The maximum Gasteiger partial charge on any atom is 0.316 e. The number of hydrogen-bond acceptors (Lipinski definition) is 3. The van der Waals surface area contributed by atoms with Crippen LogP contribution >= 0.6 is 8.25 Å². The van der Waals surface area contributed by atoms with Gasteiger partial charge in [-0.05, 0) is 6.07 Å². The van der Waals surface area contributed by atoms with Crippen LogP contribution in [0.15, 0.2) is 12.3 Å². The lowest BCUT2D eigenvalue weighted by Crippen LogP contribution is -1.84. The summed E-state index contributed by atoms with van der Waals surface area (Å²) in [5.41, 5.74) is 0.618. The van der Waals surface area contributed by atoms with Crippen molar-refractivity contribution in [3.63, 3.8) is 0 Å². The molecule has 2 N–H and O–H groups in total. The molecule has 0 radical (unpaired) electrons. The van der Waals surface area contributed by atoms with Gasteiger partial charge >= 0.3 is 8.25 Å². The van der Waals surface area contributed by atoms with Gasteiger partial charge in [0, 0.05) is 6.20 Å². The summed E-state index contributed by atoms with van der Waals surface area (Å²) in [4.78, 5) is 8.24. The summed E-state index contributed by atoms with van der Waals surface area (Å²) in [5, 5.41) is 6.26. The topological polar surface area (TPSA) is 75.2 Å². The largest absolute Gasteiger partial charge is 0.326 e. The second-order valence-corrected chi connectivity index (χ2v) is 2.44. The number of rotatable bonds is 3. The Morgan fingerprint density at radius 1 is 1.90 bits per heavy atom. The van der Waals surface area contributed by atoms with Gasteiger partial charge in [0.1, 0.15) is 6.61 Å². The zero-order valence-electron chi connectivity index (χ0n) is 5.07. The van der Waals surface area contributed by atoms with Gasteiger partial charge in [-0.25, -0.2) is 0 Å². The number of nitrogens with one attached hydrogen (secondary N) is 1. The SMILES string of the molecule is O=[PH](O)OCc1cc[nH]n1. The average molecular weight is 162 g/mol. The molecule has 6 heteroatoms. The van der Waals surface area contributed by atoms with Crippen LogP contribution < -0.4 is 0 Å². The Morgan fingerprint density at radius 2 is 2.70 bits per heavy atom. The van der Waals surface area contributed by atoms with Crippen LogP contribution in [0.5, 0.6) is 0 Å². The second kappa shape index (κ2) is 3.51. The summed E-state index contributed by atoms with van der Waals surface area (Å²) in [6, 6.07) is 1.67. The van der Waals surface area contributed by atoms with Gasteiger partial charge in [0.25, 0.3) is 0 Å². The maximum atomic E-state index is 10.0. The molecule has 0 aromatic carbocycles. The summed E-state index contributed by atoms with van der Waals surface area (Å²) >= 11 is 0. The molecular formula is C4H7N2O3P. The Labute approximate surface area is 58.0 Å². The highest BCUT2D eigenvalue weighted by Crippen LogP contribution is 2.16. The molecular weight excluding hydrogens is 155 g/mol. The van der Waals surface area contributed by atoms with Crippen LogP contribution in [0, 0.1) is 0 Å². The van der Waals surface area contributed by atoms with Crippen LogP contribution in [0.2, 0.25) is 0 Å². The molecule has 0 aliphatic heterocycles. The molecule has 0 saturated carbocycles. The molecule has 0 spiro atoms. The van der Waals surface area contributed by atoms with Crippen molar-refractivity contribution in [3.8, 4) is 0 Å². The molecule has 1 atom stereocenters. The highest BCUT2D eigenvalue weighted by atomic mass is 31.1. The van der Waals surface area contributed by atoms with Gasteiger partial charge in [-0.15, -0.1) is 0 Å². The van der Waals surface area contributed by atoms with Crippen molar-refractivity contribution in [2.45, 2.75) is 6.61 Å². The minimum atomic E-state index is -2.81. The fourth-order valence-corrected chi connectivity index (χ4v) is 0.778. The van der Waals surface area contributed by atoms with Crippen LogP contribution in [-0.2, 0) is 15.7 Å². The van der Waals surface area contributed by atoms with Gasteiger partial charge in [-0.1, -0.05) is 0 Å². The van der Waals surface area contributed by atoms with E-state index in [2.05, 4.69) is 14.7 Å². The van der Waals surface area contributed by atoms with Gasteiger partial charge in [0.2, 0.25) is 0 Å². The lowest BCUT2D eigenvalue weighted by atomic mass is 10.5. The van der Waals surface area contributed by atoms with E-state index in [1.165, 1.54) is 0 Å². The van der Waals surface area contributed by atoms with E-state index in [0.29, 0.717) is 5.69 Å². The molecule has 0 aliphatic rings. The first-order valence-electron chi connectivity index (χ1n) is 2.63. The normalized spacial score (nSPS) is 13.3. The molecule has 1 aromatic rings. The summed E-state index contributed by atoms with van der Waals surface area (Å²) in [7, 11) is -2.81. The first-order chi connectivity index (χ1) is 4.79. The van der Waals surface area contributed by atoms with E-state index in [1.807, 2.05) is 0 Å². The predicted octanol–water partition coefficient (Wildman–Crippen LogP) is 0.308. The lowest BCUT2D eigenvalue weighted by Gasteiger charge is -1.92. The quantitative estimate of drug-likeness (QED) is 0.627. The summed E-state index contributed by atoms with van der Waals surface area (Å²) in [5.74, 6) is 0. The van der Waals surface area contributed by atoms with Gasteiger partial charge in [0.05, 0.1) is 5.69 Å². The van der Waals surface area contributed by atoms with Gasteiger partial charge in [0.15, 0.2) is 0 Å². The fourth-order valence-electron chi connectivity index (χ4n) is 0.507. The molecule has 10 heavy (non-hydrogen) atoms. The van der Waals surface area contributed by atoms with Crippen molar-refractivity contribution in [3.05, 3.63) is 18.0 Å². The predicted molar refractivity (Wildman–Crippen MR) is 34.6 cm³/mol. The highest BCUT2D eigenvalue weighted by molar-refractivity contribution is 7.32. The molecule has 1 unspecified atom stereocenters. The zero-order chi connectivity index (χ0) is 7.40. The lowest BCUT2D eigenvalue weighted by molar-refractivity contribution is 0.269. The molecule has 0 amide bonds. The Kier molecular flexibility index (Phi) is 2.62. The van der Waals surface area contributed by atoms with Crippen molar-refractivity contribution < 1.29 is 14.0 Å². The van der Waals surface area contributed by atoms with E-state index in [-0.39, 0.29) is 6.61 Å². The third kappa shape index (κ3) is 2.31. The number of aromatic amines is 1. The van der Waals surface area contributed by atoms with Gasteiger partial charge < -0.3 is 9.42 Å². The molecule has 0 bridgehead atoms. The van der Waals surface area contributed by atoms with Crippen LogP contribution in [0.25, 0.3) is 0 Å². The minimum Gasteiger partial charge on any atom is -0.326 e.